The molecule has 5 heteroatoms. The molecule has 0 aliphatic rings. The Morgan fingerprint density at radius 2 is 2.00 bits per heavy atom. The van der Waals surface area contributed by atoms with Crippen molar-refractivity contribution in [2.24, 2.45) is 0 Å². The lowest BCUT2D eigenvalue weighted by Gasteiger charge is -2.11. The molecule has 0 radical (unpaired) electrons. The van der Waals surface area contributed by atoms with Crippen LogP contribution in [-0.2, 0) is 9.59 Å². The minimum Gasteiger partial charge on any atom is -0.480 e. The molecule has 0 fully saturated rings. The first-order valence-electron chi connectivity index (χ1n) is 3.17. The zero-order chi connectivity index (χ0) is 8.85. The van der Waals surface area contributed by atoms with Crippen LogP contribution in [0.25, 0.3) is 0 Å². The summed E-state index contributed by atoms with van der Waals surface area (Å²) < 4.78 is 0. The maximum Gasteiger partial charge on any atom is 0.317 e. The third-order valence-electron chi connectivity index (χ3n) is 1.10. The molecular formula is C6H12N2O3. The summed E-state index contributed by atoms with van der Waals surface area (Å²) in [4.78, 5) is 22.2. The van der Waals surface area contributed by atoms with E-state index in [1.165, 1.54) is 11.9 Å². The number of likely N-dealkylation sites (N-methyl/N-ethyl adjacent to an activating group) is 2. The van der Waals surface area contributed by atoms with Crippen LogP contribution in [0.3, 0.4) is 0 Å². The molecule has 0 aromatic carbocycles. The molecule has 11 heavy (non-hydrogen) atoms. The highest BCUT2D eigenvalue weighted by Crippen LogP contribution is 1.80. The minimum atomic E-state index is -0.934. The van der Waals surface area contributed by atoms with E-state index in [4.69, 9.17) is 5.11 Å². The van der Waals surface area contributed by atoms with Crippen LogP contribution in [0.15, 0.2) is 0 Å². The molecule has 0 unspecified atom stereocenters. The van der Waals surface area contributed by atoms with E-state index in [-0.39, 0.29) is 19.0 Å². The molecular weight excluding hydrogens is 148 g/mol. The van der Waals surface area contributed by atoms with Gasteiger partial charge in [0.2, 0.25) is 5.91 Å². The molecule has 0 heterocycles. The average molecular weight is 160 g/mol. The SMILES string of the molecule is CNC(=O)CN(C)CC(=O)O. The normalized spacial score (nSPS) is 9.73. The minimum absolute atomic E-state index is 0.114. The highest BCUT2D eigenvalue weighted by molar-refractivity contribution is 5.78. The number of amides is 1. The number of nitrogens with zero attached hydrogens (tertiary/aromatic N) is 1. The van der Waals surface area contributed by atoms with Gasteiger partial charge in [0.15, 0.2) is 0 Å². The van der Waals surface area contributed by atoms with Crippen LogP contribution >= 0.6 is 0 Å². The lowest BCUT2D eigenvalue weighted by molar-refractivity contribution is -0.138. The van der Waals surface area contributed by atoms with Crippen LogP contribution in [-0.4, -0.2) is 49.1 Å². The van der Waals surface area contributed by atoms with Crippen molar-refractivity contribution in [3.05, 3.63) is 0 Å². The first-order valence-corrected chi connectivity index (χ1v) is 3.17. The predicted molar refractivity (Wildman–Crippen MR) is 39.2 cm³/mol. The fourth-order valence-electron chi connectivity index (χ4n) is 0.611. The van der Waals surface area contributed by atoms with Gasteiger partial charge in [-0.3, -0.25) is 14.5 Å². The van der Waals surface area contributed by atoms with E-state index >= 15 is 0 Å². The number of hydrogen-bond donors (Lipinski definition) is 2. The van der Waals surface area contributed by atoms with E-state index in [1.54, 1.807) is 7.05 Å². The largest absolute Gasteiger partial charge is 0.480 e. The zero-order valence-electron chi connectivity index (χ0n) is 6.63. The Hall–Kier alpha value is -1.10. The van der Waals surface area contributed by atoms with Gasteiger partial charge in [0.25, 0.3) is 0 Å². The van der Waals surface area contributed by atoms with Gasteiger partial charge in [0.1, 0.15) is 0 Å². The molecule has 0 aromatic rings. The van der Waals surface area contributed by atoms with Gasteiger partial charge in [-0.2, -0.15) is 0 Å². The van der Waals surface area contributed by atoms with Gasteiger partial charge in [0, 0.05) is 7.05 Å². The monoisotopic (exact) mass is 160 g/mol. The maximum atomic E-state index is 10.7. The molecule has 64 valence electrons. The zero-order valence-corrected chi connectivity index (χ0v) is 6.63. The number of carbonyl (C=O) groups is 2. The molecule has 1 amide bonds. The predicted octanol–water partition coefficient (Wildman–Crippen LogP) is -1.25. The molecule has 2 N–H and O–H groups in total. The molecule has 0 aliphatic carbocycles. The molecule has 0 aliphatic heterocycles. The van der Waals surface area contributed by atoms with Crippen molar-refractivity contribution >= 4 is 11.9 Å². The second kappa shape index (κ2) is 4.68. The summed E-state index contributed by atoms with van der Waals surface area (Å²) in [7, 11) is 3.08. The van der Waals surface area contributed by atoms with Crippen molar-refractivity contribution in [1.82, 2.24) is 10.2 Å². The van der Waals surface area contributed by atoms with Crippen molar-refractivity contribution in [3.63, 3.8) is 0 Å². The lowest BCUT2D eigenvalue weighted by Crippen LogP contribution is -2.35. The maximum absolute atomic E-state index is 10.7. The quantitative estimate of drug-likeness (QED) is 0.539. The Morgan fingerprint density at radius 3 is 2.36 bits per heavy atom. The van der Waals surface area contributed by atoms with Crippen LogP contribution in [0.1, 0.15) is 0 Å². The molecule has 0 bridgehead atoms. The van der Waals surface area contributed by atoms with E-state index in [1.807, 2.05) is 0 Å². The van der Waals surface area contributed by atoms with E-state index in [0.717, 1.165) is 0 Å². The summed E-state index contributed by atoms with van der Waals surface area (Å²) in [6.07, 6.45) is 0. The summed E-state index contributed by atoms with van der Waals surface area (Å²) in [5, 5.41) is 10.7. The van der Waals surface area contributed by atoms with Gasteiger partial charge in [-0.1, -0.05) is 0 Å². The Kier molecular flexibility index (Phi) is 4.21. The van der Waals surface area contributed by atoms with Crippen LogP contribution in [0.2, 0.25) is 0 Å². The first kappa shape index (κ1) is 9.90. The third-order valence-corrected chi connectivity index (χ3v) is 1.10. The van der Waals surface area contributed by atoms with Gasteiger partial charge in [-0.25, -0.2) is 0 Å². The van der Waals surface area contributed by atoms with Gasteiger partial charge >= 0.3 is 5.97 Å². The molecule has 0 rings (SSSR count). The standard InChI is InChI=1S/C6H12N2O3/c1-7-5(9)3-8(2)4-6(10)11/h3-4H2,1-2H3,(H,7,9)(H,10,11). The van der Waals surface area contributed by atoms with Crippen molar-refractivity contribution in [1.29, 1.82) is 0 Å². The number of nitrogens with one attached hydrogen (secondary N) is 1. The highest BCUT2D eigenvalue weighted by Gasteiger charge is 2.07. The number of carboxylic acids is 1. The number of carboxylic acid groups (broad SMARTS) is 1. The lowest BCUT2D eigenvalue weighted by atomic mass is 10.5. The fourth-order valence-corrected chi connectivity index (χ4v) is 0.611. The van der Waals surface area contributed by atoms with Crippen molar-refractivity contribution < 1.29 is 14.7 Å². The van der Waals surface area contributed by atoms with E-state index in [0.29, 0.717) is 0 Å². The molecule has 0 aromatic heterocycles. The van der Waals surface area contributed by atoms with E-state index in [9.17, 15) is 9.59 Å². The number of hydrogen-bond acceptors (Lipinski definition) is 3. The van der Waals surface area contributed by atoms with Crippen molar-refractivity contribution in [2.45, 2.75) is 0 Å². The summed E-state index contributed by atoms with van der Waals surface area (Å²) in [5.41, 5.74) is 0. The molecule has 0 atom stereocenters. The smallest absolute Gasteiger partial charge is 0.317 e. The Morgan fingerprint density at radius 1 is 1.45 bits per heavy atom. The Labute approximate surface area is 65.0 Å². The average Bonchev–Trinajstić information content (AvgIpc) is 1.85. The number of aliphatic carboxylic acids is 1. The highest BCUT2D eigenvalue weighted by atomic mass is 16.4. The first-order chi connectivity index (χ1) is 5.06. The van der Waals surface area contributed by atoms with Crippen LogP contribution < -0.4 is 5.32 Å². The Bertz CT molecular complexity index is 158. The summed E-state index contributed by atoms with van der Waals surface area (Å²) >= 11 is 0. The van der Waals surface area contributed by atoms with Crippen molar-refractivity contribution in [3.8, 4) is 0 Å². The molecule has 0 spiro atoms. The van der Waals surface area contributed by atoms with Gasteiger partial charge < -0.3 is 10.4 Å². The summed E-state index contributed by atoms with van der Waals surface area (Å²) in [5.74, 6) is -1.12. The van der Waals surface area contributed by atoms with Crippen LogP contribution in [0, 0.1) is 0 Å². The fraction of sp³-hybridized carbons (Fsp3) is 0.667. The van der Waals surface area contributed by atoms with Gasteiger partial charge in [-0.15, -0.1) is 0 Å². The van der Waals surface area contributed by atoms with Gasteiger partial charge in [-0.05, 0) is 7.05 Å². The van der Waals surface area contributed by atoms with E-state index in [2.05, 4.69) is 5.32 Å². The molecule has 5 nitrogen and oxygen atoms in total. The molecule has 0 saturated heterocycles. The van der Waals surface area contributed by atoms with E-state index < -0.39 is 5.97 Å². The van der Waals surface area contributed by atoms with Crippen LogP contribution in [0.4, 0.5) is 0 Å². The van der Waals surface area contributed by atoms with Gasteiger partial charge in [0.05, 0.1) is 13.1 Å². The molecule has 0 saturated carbocycles. The second-order valence-electron chi connectivity index (χ2n) is 2.24. The topological polar surface area (TPSA) is 69.6 Å². The Balaban J connectivity index is 3.60. The number of rotatable bonds is 4. The third kappa shape index (κ3) is 5.35. The number of carbonyl (C=O) groups excluding carboxylic acids is 1. The second-order valence-corrected chi connectivity index (χ2v) is 2.24. The van der Waals surface area contributed by atoms with Crippen molar-refractivity contribution in [2.75, 3.05) is 27.2 Å². The summed E-state index contributed by atoms with van der Waals surface area (Å²) in [6.45, 7) is -0.00375. The summed E-state index contributed by atoms with van der Waals surface area (Å²) in [6, 6.07) is 0. The van der Waals surface area contributed by atoms with Crippen LogP contribution in [0.5, 0.6) is 0 Å².